The van der Waals surface area contributed by atoms with Crippen LogP contribution < -0.4 is 10.5 Å². The summed E-state index contributed by atoms with van der Waals surface area (Å²) in [5, 5.41) is 0.230. The van der Waals surface area contributed by atoms with Crippen molar-refractivity contribution < 1.29 is 9.16 Å². The molecule has 0 aliphatic carbocycles. The van der Waals surface area contributed by atoms with Gasteiger partial charge in [-0.05, 0) is 24.2 Å². The Morgan fingerprint density at radius 1 is 1.28 bits per heavy atom. The van der Waals surface area contributed by atoms with E-state index in [0.29, 0.717) is 19.0 Å². The summed E-state index contributed by atoms with van der Waals surface area (Å²) in [5.74, 6) is 1.21. The minimum atomic E-state index is -1.67. The summed E-state index contributed by atoms with van der Waals surface area (Å²) in [6, 6.07) is 3.51. The molecule has 4 nitrogen and oxygen atoms in total. The molecule has 0 saturated carbocycles. The van der Waals surface area contributed by atoms with Gasteiger partial charge in [-0.15, -0.1) is 0 Å². The number of hydrogen-bond donors (Lipinski definition) is 1. The van der Waals surface area contributed by atoms with Gasteiger partial charge in [0.15, 0.2) is 8.32 Å². The maximum atomic E-state index is 6.01. The molecular formula is C13H24N2O2Si. The Morgan fingerprint density at radius 3 is 2.50 bits per heavy atom. The molecule has 0 spiro atoms. The summed E-state index contributed by atoms with van der Waals surface area (Å²) < 4.78 is 11.6. The maximum absolute atomic E-state index is 6.01. The van der Waals surface area contributed by atoms with E-state index in [2.05, 4.69) is 38.8 Å². The van der Waals surface area contributed by atoms with E-state index in [1.54, 1.807) is 18.3 Å². The fourth-order valence-corrected chi connectivity index (χ4v) is 2.22. The monoisotopic (exact) mass is 268 g/mol. The first kappa shape index (κ1) is 15.0. The average Bonchev–Trinajstić information content (AvgIpc) is 2.23. The fourth-order valence-electron chi connectivity index (χ4n) is 1.19. The summed E-state index contributed by atoms with van der Waals surface area (Å²) in [4.78, 5) is 3.91. The summed E-state index contributed by atoms with van der Waals surface area (Å²) in [6.45, 7) is 12.3. The molecule has 0 bridgehead atoms. The highest BCUT2D eigenvalue weighted by Gasteiger charge is 2.36. The van der Waals surface area contributed by atoms with E-state index in [1.165, 1.54) is 0 Å². The number of aromatic nitrogens is 1. The van der Waals surface area contributed by atoms with Gasteiger partial charge < -0.3 is 14.9 Å². The molecule has 2 N–H and O–H groups in total. The van der Waals surface area contributed by atoms with Crippen molar-refractivity contribution in [2.24, 2.45) is 0 Å². The Kier molecular flexibility index (Phi) is 4.75. The van der Waals surface area contributed by atoms with E-state index in [9.17, 15) is 0 Å². The second kappa shape index (κ2) is 5.71. The molecule has 0 amide bonds. The normalized spacial score (nSPS) is 12.5. The minimum Gasteiger partial charge on any atom is -0.491 e. The van der Waals surface area contributed by atoms with Crippen LogP contribution in [0.2, 0.25) is 18.1 Å². The number of anilines is 1. The molecular weight excluding hydrogens is 244 g/mol. The summed E-state index contributed by atoms with van der Waals surface area (Å²) in [5.41, 5.74) is 5.57. The fraction of sp³-hybridized carbons (Fsp3) is 0.615. The number of rotatable bonds is 5. The number of hydrogen-bond acceptors (Lipinski definition) is 4. The van der Waals surface area contributed by atoms with Crippen molar-refractivity contribution in [1.82, 2.24) is 4.98 Å². The zero-order valence-electron chi connectivity index (χ0n) is 12.0. The van der Waals surface area contributed by atoms with Crippen LogP contribution in [0.4, 0.5) is 5.82 Å². The van der Waals surface area contributed by atoms with Gasteiger partial charge in [0.25, 0.3) is 0 Å². The molecule has 0 aliphatic rings. The lowest BCUT2D eigenvalue weighted by Crippen LogP contribution is -2.41. The van der Waals surface area contributed by atoms with E-state index in [1.807, 2.05) is 0 Å². The lowest BCUT2D eigenvalue weighted by Gasteiger charge is -2.36. The molecule has 0 aliphatic heterocycles. The first-order chi connectivity index (χ1) is 8.22. The maximum Gasteiger partial charge on any atom is 0.192 e. The van der Waals surface area contributed by atoms with E-state index in [-0.39, 0.29) is 5.04 Å². The van der Waals surface area contributed by atoms with Crippen LogP contribution in [0.25, 0.3) is 0 Å². The average molecular weight is 268 g/mol. The summed E-state index contributed by atoms with van der Waals surface area (Å²) >= 11 is 0. The van der Waals surface area contributed by atoms with Gasteiger partial charge in [0.05, 0.1) is 6.61 Å². The van der Waals surface area contributed by atoms with Crippen molar-refractivity contribution in [3.8, 4) is 5.75 Å². The van der Waals surface area contributed by atoms with Gasteiger partial charge in [0.1, 0.15) is 18.2 Å². The first-order valence-electron chi connectivity index (χ1n) is 6.21. The van der Waals surface area contributed by atoms with Crippen LogP contribution in [0.15, 0.2) is 18.3 Å². The van der Waals surface area contributed by atoms with Crippen molar-refractivity contribution in [1.29, 1.82) is 0 Å². The van der Waals surface area contributed by atoms with Crippen molar-refractivity contribution in [3.05, 3.63) is 18.3 Å². The van der Waals surface area contributed by atoms with Crippen LogP contribution in [-0.2, 0) is 4.43 Å². The molecule has 1 heterocycles. The smallest absolute Gasteiger partial charge is 0.192 e. The molecule has 0 aromatic carbocycles. The summed E-state index contributed by atoms with van der Waals surface area (Å²) in [7, 11) is -1.67. The molecule has 0 saturated heterocycles. The molecule has 1 rings (SSSR count). The molecule has 0 unspecified atom stereocenters. The zero-order valence-corrected chi connectivity index (χ0v) is 13.0. The standard InChI is InChI=1S/C13H24N2O2Si/c1-13(2,3)18(4,5)17-9-8-16-11-6-7-15-12(14)10-11/h6-7,10H,8-9H2,1-5H3,(H2,14,15). The Morgan fingerprint density at radius 2 is 1.94 bits per heavy atom. The second-order valence-corrected chi connectivity index (χ2v) is 10.7. The van der Waals surface area contributed by atoms with E-state index >= 15 is 0 Å². The first-order valence-corrected chi connectivity index (χ1v) is 9.11. The third kappa shape index (κ3) is 4.31. The molecule has 0 fully saturated rings. The molecule has 1 aromatic heterocycles. The van der Waals surface area contributed by atoms with Crippen LogP contribution in [-0.4, -0.2) is 26.5 Å². The number of nitrogens with zero attached hydrogens (tertiary/aromatic N) is 1. The Hall–Kier alpha value is -1.07. The Bertz CT molecular complexity index is 389. The van der Waals surface area contributed by atoms with E-state index in [0.717, 1.165) is 5.75 Å². The Balaban J connectivity index is 2.35. The highest BCUT2D eigenvalue weighted by atomic mass is 28.4. The van der Waals surface area contributed by atoms with E-state index in [4.69, 9.17) is 14.9 Å². The van der Waals surface area contributed by atoms with Crippen molar-refractivity contribution in [2.75, 3.05) is 18.9 Å². The minimum absolute atomic E-state index is 0.230. The third-order valence-electron chi connectivity index (χ3n) is 3.37. The topological polar surface area (TPSA) is 57.4 Å². The lowest BCUT2D eigenvalue weighted by molar-refractivity contribution is 0.203. The van der Waals surface area contributed by atoms with Gasteiger partial charge >= 0.3 is 0 Å². The lowest BCUT2D eigenvalue weighted by atomic mass is 10.2. The highest BCUT2D eigenvalue weighted by molar-refractivity contribution is 6.74. The molecule has 0 radical (unpaired) electrons. The van der Waals surface area contributed by atoms with Crippen molar-refractivity contribution >= 4 is 14.1 Å². The highest BCUT2D eigenvalue weighted by Crippen LogP contribution is 2.36. The SMILES string of the molecule is CC(C)(C)[Si](C)(C)OCCOc1ccnc(N)c1. The molecule has 5 heteroatoms. The van der Waals surface area contributed by atoms with Crippen LogP contribution in [0.5, 0.6) is 5.75 Å². The number of pyridine rings is 1. The summed E-state index contributed by atoms with van der Waals surface area (Å²) in [6.07, 6.45) is 1.64. The predicted molar refractivity (Wildman–Crippen MR) is 77.3 cm³/mol. The van der Waals surface area contributed by atoms with Gasteiger partial charge in [-0.1, -0.05) is 20.8 Å². The van der Waals surface area contributed by atoms with Crippen LogP contribution >= 0.6 is 0 Å². The quantitative estimate of drug-likeness (QED) is 0.658. The van der Waals surface area contributed by atoms with Gasteiger partial charge in [0.2, 0.25) is 0 Å². The van der Waals surface area contributed by atoms with Gasteiger partial charge in [-0.2, -0.15) is 0 Å². The van der Waals surface area contributed by atoms with Crippen molar-refractivity contribution in [3.63, 3.8) is 0 Å². The van der Waals surface area contributed by atoms with Gasteiger partial charge in [-0.25, -0.2) is 4.98 Å². The molecule has 1 aromatic rings. The third-order valence-corrected chi connectivity index (χ3v) is 7.91. The van der Waals surface area contributed by atoms with Crippen LogP contribution in [0, 0.1) is 0 Å². The number of nitrogen functional groups attached to an aromatic ring is 1. The number of nitrogens with two attached hydrogens (primary N) is 1. The Labute approximate surface area is 111 Å². The van der Waals surface area contributed by atoms with Crippen LogP contribution in [0.3, 0.4) is 0 Å². The van der Waals surface area contributed by atoms with Gasteiger partial charge in [-0.3, -0.25) is 0 Å². The number of ether oxygens (including phenoxy) is 1. The molecule has 102 valence electrons. The van der Waals surface area contributed by atoms with E-state index < -0.39 is 8.32 Å². The zero-order chi connectivity index (χ0) is 13.8. The van der Waals surface area contributed by atoms with Crippen LogP contribution in [0.1, 0.15) is 20.8 Å². The molecule has 0 atom stereocenters. The predicted octanol–water partition coefficient (Wildman–Crippen LogP) is 3.06. The second-order valence-electron chi connectivity index (χ2n) is 5.87. The largest absolute Gasteiger partial charge is 0.491 e. The van der Waals surface area contributed by atoms with Crippen molar-refractivity contribution in [2.45, 2.75) is 38.9 Å². The van der Waals surface area contributed by atoms with Gasteiger partial charge in [0, 0.05) is 12.3 Å². The molecule has 18 heavy (non-hydrogen) atoms.